The Balaban J connectivity index is 1.66. The van der Waals surface area contributed by atoms with Crippen molar-refractivity contribution in [2.24, 2.45) is 0 Å². The number of hydrogen-bond acceptors (Lipinski definition) is 8. The van der Waals surface area contributed by atoms with Crippen LogP contribution < -0.4 is 5.32 Å². The van der Waals surface area contributed by atoms with Crippen molar-refractivity contribution < 1.29 is 20.1 Å². The Morgan fingerprint density at radius 2 is 2.00 bits per heavy atom. The minimum atomic E-state index is -1.03. The van der Waals surface area contributed by atoms with Gasteiger partial charge in [-0.2, -0.15) is 0 Å². The van der Waals surface area contributed by atoms with E-state index >= 15 is 0 Å². The Kier molecular flexibility index (Phi) is 3.64. The molecule has 3 heterocycles. The number of aliphatic hydroxyl groups excluding tert-OH is 3. The number of fused-ring (bicyclic) bond motifs is 1. The van der Waals surface area contributed by atoms with Crippen molar-refractivity contribution in [3.63, 3.8) is 0 Å². The Bertz CT molecular complexity index is 708. The van der Waals surface area contributed by atoms with Gasteiger partial charge in [-0.25, -0.2) is 15.0 Å². The number of nitrogens with zero attached hydrogens (tertiary/aromatic N) is 4. The van der Waals surface area contributed by atoms with Crippen LogP contribution >= 0.6 is 0 Å². The smallest absolute Gasteiger partial charge is 0.167 e. The second kappa shape index (κ2) is 5.68. The van der Waals surface area contributed by atoms with Crippen LogP contribution in [0.1, 0.15) is 25.5 Å². The molecule has 5 atom stereocenters. The summed E-state index contributed by atoms with van der Waals surface area (Å²) in [5.74, 6) is 0.549. The molecule has 2 aromatic heterocycles. The Labute approximate surface area is 132 Å². The average Bonchev–Trinajstić information content (AvgIpc) is 3.22. The van der Waals surface area contributed by atoms with Crippen molar-refractivity contribution in [3.05, 3.63) is 12.7 Å². The maximum absolute atomic E-state index is 10.0. The van der Waals surface area contributed by atoms with Crippen molar-refractivity contribution in [2.45, 2.75) is 49.8 Å². The van der Waals surface area contributed by atoms with Crippen molar-refractivity contribution >= 4 is 17.0 Å². The average molecular weight is 321 g/mol. The molecule has 4 N–H and O–H groups in total. The summed E-state index contributed by atoms with van der Waals surface area (Å²) in [5, 5.41) is 32.8. The zero-order chi connectivity index (χ0) is 16.0. The van der Waals surface area contributed by atoms with Crippen LogP contribution in [0.25, 0.3) is 11.2 Å². The zero-order valence-electron chi connectivity index (χ0n) is 12.4. The normalized spacial score (nSPS) is 34.3. The Hall–Kier alpha value is -1.81. The van der Waals surface area contributed by atoms with E-state index in [1.54, 1.807) is 4.57 Å². The third-order valence-corrected chi connectivity index (χ3v) is 4.56. The van der Waals surface area contributed by atoms with Crippen LogP contribution in [0.15, 0.2) is 12.7 Å². The van der Waals surface area contributed by atoms with Gasteiger partial charge in [-0.15, -0.1) is 0 Å². The van der Waals surface area contributed by atoms with Gasteiger partial charge in [-0.3, -0.25) is 4.57 Å². The number of aromatic nitrogens is 4. The van der Waals surface area contributed by atoms with E-state index in [0.717, 1.165) is 19.3 Å². The highest BCUT2D eigenvalue weighted by atomic mass is 16.5. The van der Waals surface area contributed by atoms with Gasteiger partial charge >= 0.3 is 0 Å². The fourth-order valence-corrected chi connectivity index (χ4v) is 3.26. The molecule has 1 saturated carbocycles. The fraction of sp³-hybridized carbons (Fsp3) is 0.643. The first-order valence-electron chi connectivity index (χ1n) is 7.75. The molecule has 23 heavy (non-hydrogen) atoms. The van der Waals surface area contributed by atoms with Gasteiger partial charge in [-0.1, -0.05) is 0 Å². The molecular weight excluding hydrogens is 302 g/mol. The zero-order valence-corrected chi connectivity index (χ0v) is 12.4. The number of imidazole rings is 1. The molecule has 2 unspecified atom stereocenters. The number of anilines is 1. The third kappa shape index (κ3) is 2.45. The molecule has 2 aromatic rings. The molecule has 1 aliphatic carbocycles. The van der Waals surface area contributed by atoms with Crippen molar-refractivity contribution in [2.75, 3.05) is 11.9 Å². The number of aliphatic hydroxyl groups is 3. The second-order valence-corrected chi connectivity index (χ2v) is 6.08. The summed E-state index contributed by atoms with van der Waals surface area (Å²) in [7, 11) is 0. The van der Waals surface area contributed by atoms with E-state index in [4.69, 9.17) is 4.74 Å². The lowest BCUT2D eigenvalue weighted by atomic mass is 10.2. The van der Waals surface area contributed by atoms with E-state index in [-0.39, 0.29) is 12.6 Å². The van der Waals surface area contributed by atoms with Crippen LogP contribution in [0.4, 0.5) is 5.82 Å². The molecule has 0 aromatic carbocycles. The first-order valence-corrected chi connectivity index (χ1v) is 7.75. The van der Waals surface area contributed by atoms with Crippen LogP contribution in [0.5, 0.6) is 0 Å². The van der Waals surface area contributed by atoms with E-state index in [0.29, 0.717) is 17.0 Å². The maximum Gasteiger partial charge on any atom is 0.167 e. The van der Waals surface area contributed by atoms with Crippen LogP contribution in [0.2, 0.25) is 0 Å². The Morgan fingerprint density at radius 3 is 2.70 bits per heavy atom. The molecule has 0 spiro atoms. The molecule has 0 radical (unpaired) electrons. The molecule has 124 valence electrons. The van der Waals surface area contributed by atoms with Gasteiger partial charge in [-0.05, 0) is 19.3 Å². The van der Waals surface area contributed by atoms with Crippen molar-refractivity contribution in [1.82, 2.24) is 19.5 Å². The molecule has 2 fully saturated rings. The topological polar surface area (TPSA) is 126 Å². The summed E-state index contributed by atoms with van der Waals surface area (Å²) in [6, 6.07) is -0.0478. The van der Waals surface area contributed by atoms with Gasteiger partial charge in [0.05, 0.1) is 25.1 Å². The number of nitrogens with one attached hydrogen (secondary N) is 1. The summed E-state index contributed by atoms with van der Waals surface area (Å²) in [6.45, 7) is 0.0654. The third-order valence-electron chi connectivity index (χ3n) is 4.56. The monoisotopic (exact) mass is 321 g/mol. The lowest BCUT2D eigenvalue weighted by molar-refractivity contribution is -0.0162. The minimum Gasteiger partial charge on any atom is -0.391 e. The molecule has 0 bridgehead atoms. The molecule has 1 saturated heterocycles. The Morgan fingerprint density at radius 1 is 1.13 bits per heavy atom. The van der Waals surface area contributed by atoms with E-state index in [2.05, 4.69) is 20.3 Å². The first kappa shape index (κ1) is 14.8. The molecule has 2 aliphatic rings. The van der Waals surface area contributed by atoms with Gasteiger partial charge < -0.3 is 25.4 Å². The van der Waals surface area contributed by atoms with Gasteiger partial charge in [0.1, 0.15) is 18.5 Å². The summed E-state index contributed by atoms with van der Waals surface area (Å²) in [5.41, 5.74) is 1.05. The number of rotatable bonds is 3. The van der Waals surface area contributed by atoms with Crippen molar-refractivity contribution in [1.29, 1.82) is 0 Å². The van der Waals surface area contributed by atoms with Gasteiger partial charge in [0.15, 0.2) is 23.2 Å². The minimum absolute atomic E-state index is 0.0478. The molecule has 0 amide bonds. The quantitative estimate of drug-likeness (QED) is 0.591. The lowest BCUT2D eigenvalue weighted by Gasteiger charge is -2.18. The molecule has 4 rings (SSSR count). The van der Waals surface area contributed by atoms with Gasteiger partial charge in [0, 0.05) is 0 Å². The highest BCUT2D eigenvalue weighted by Gasteiger charge is 2.37. The lowest BCUT2D eigenvalue weighted by Crippen LogP contribution is -2.29. The number of hydrogen-bond donors (Lipinski definition) is 4. The summed E-state index contributed by atoms with van der Waals surface area (Å²) in [4.78, 5) is 12.7. The first-order chi connectivity index (χ1) is 11.1. The van der Waals surface area contributed by atoms with E-state index < -0.39 is 24.5 Å². The highest BCUT2D eigenvalue weighted by molar-refractivity contribution is 5.82. The molecule has 9 nitrogen and oxygen atoms in total. The highest BCUT2D eigenvalue weighted by Crippen LogP contribution is 2.30. The van der Waals surface area contributed by atoms with Crippen LogP contribution in [-0.2, 0) is 4.74 Å². The predicted molar refractivity (Wildman–Crippen MR) is 79.6 cm³/mol. The van der Waals surface area contributed by atoms with Crippen molar-refractivity contribution in [3.8, 4) is 0 Å². The molecule has 1 aliphatic heterocycles. The van der Waals surface area contributed by atoms with E-state index in [1.165, 1.54) is 12.7 Å². The summed E-state index contributed by atoms with van der Waals surface area (Å²) in [6.07, 6.45) is 2.47. The number of ether oxygens (including phenoxy) is 1. The molecular formula is C14H19N5O4. The summed E-state index contributed by atoms with van der Waals surface area (Å²) < 4.78 is 7.01. The van der Waals surface area contributed by atoms with E-state index in [9.17, 15) is 15.3 Å². The van der Waals surface area contributed by atoms with Gasteiger partial charge in [0.25, 0.3) is 0 Å². The largest absolute Gasteiger partial charge is 0.391 e. The fourth-order valence-electron chi connectivity index (χ4n) is 3.26. The standard InChI is InChI=1S/C14H19N5O4/c20-8-3-1-2-7(8)18-12-10-13(16-5-15-12)19(6-17-10)14-11(22)9(21)4-23-14/h5-9,11,14,20-22H,1-4H2,(H,15,16,18)/t7?,8?,9-,11-,14-/m0/s1. The van der Waals surface area contributed by atoms with E-state index in [1.807, 2.05) is 0 Å². The van der Waals surface area contributed by atoms with Crippen LogP contribution in [0.3, 0.4) is 0 Å². The predicted octanol–water partition coefficient (Wildman–Crippen LogP) is -0.598. The van der Waals surface area contributed by atoms with Crippen LogP contribution in [0, 0.1) is 0 Å². The maximum atomic E-state index is 10.0. The summed E-state index contributed by atoms with van der Waals surface area (Å²) >= 11 is 0. The molecule has 9 heteroatoms. The van der Waals surface area contributed by atoms with Crippen LogP contribution in [-0.4, -0.2) is 65.8 Å². The SMILES string of the molecule is OC1CCCC1Nc1ncnc2c1ncn2[C@H]1OC[C@H](O)[C@@H]1O. The van der Waals surface area contributed by atoms with Gasteiger partial charge in [0.2, 0.25) is 0 Å². The second-order valence-electron chi connectivity index (χ2n) is 6.08.